The highest BCUT2D eigenvalue weighted by Crippen LogP contribution is 2.23. The van der Waals surface area contributed by atoms with Crippen LogP contribution in [0.5, 0.6) is 0 Å². The van der Waals surface area contributed by atoms with Crippen molar-refractivity contribution in [1.82, 2.24) is 4.98 Å². The molecule has 0 unspecified atom stereocenters. The maximum atomic E-state index is 12.3. The molecule has 0 radical (unpaired) electrons. The number of fused-ring (bicyclic) bond motifs is 2. The van der Waals surface area contributed by atoms with E-state index in [9.17, 15) is 14.4 Å². The normalized spacial score (nSPS) is 15.6. The monoisotopic (exact) mass is 337 g/mol. The van der Waals surface area contributed by atoms with Gasteiger partial charge in [0, 0.05) is 17.7 Å². The third-order valence-corrected chi connectivity index (χ3v) is 5.01. The molecule has 0 atom stereocenters. The molecule has 128 valence electrons. The van der Waals surface area contributed by atoms with E-state index < -0.39 is 11.5 Å². The van der Waals surface area contributed by atoms with Crippen LogP contribution in [0.2, 0.25) is 0 Å². The van der Waals surface area contributed by atoms with E-state index in [4.69, 9.17) is 4.74 Å². The predicted octanol–water partition coefficient (Wildman–Crippen LogP) is 2.74. The average molecular weight is 337 g/mol. The van der Waals surface area contributed by atoms with Crippen LogP contribution >= 0.6 is 0 Å². The van der Waals surface area contributed by atoms with Gasteiger partial charge in [-0.1, -0.05) is 18.2 Å². The average Bonchev–Trinajstić information content (AvgIpc) is 3.07. The minimum absolute atomic E-state index is 0.0369. The SMILES string of the molecule is O=C1CCCc2[nH]c(=O)c(C(=O)OCc3ccc4c(c3)CCC4)cc21. The van der Waals surface area contributed by atoms with Gasteiger partial charge in [-0.3, -0.25) is 9.59 Å². The summed E-state index contributed by atoms with van der Waals surface area (Å²) >= 11 is 0. The molecule has 0 spiro atoms. The fourth-order valence-corrected chi connectivity index (χ4v) is 3.67. The second-order valence-electron chi connectivity index (χ2n) is 6.71. The number of carbonyl (C=O) groups is 2. The number of aromatic amines is 1. The van der Waals surface area contributed by atoms with E-state index in [1.54, 1.807) is 0 Å². The Balaban J connectivity index is 1.52. The first kappa shape index (κ1) is 15.8. The van der Waals surface area contributed by atoms with Crippen molar-refractivity contribution in [2.45, 2.75) is 45.1 Å². The summed E-state index contributed by atoms with van der Waals surface area (Å²) in [6.45, 7) is 0.122. The van der Waals surface area contributed by atoms with Gasteiger partial charge in [-0.2, -0.15) is 0 Å². The molecular weight excluding hydrogens is 318 g/mol. The molecule has 4 rings (SSSR count). The van der Waals surface area contributed by atoms with E-state index >= 15 is 0 Å². The number of ether oxygens (including phenoxy) is 1. The highest BCUT2D eigenvalue weighted by molar-refractivity contribution is 6.00. The first-order valence-electron chi connectivity index (χ1n) is 8.69. The van der Waals surface area contributed by atoms with Gasteiger partial charge in [0.25, 0.3) is 5.56 Å². The molecule has 5 nitrogen and oxygen atoms in total. The molecule has 2 aromatic rings. The van der Waals surface area contributed by atoms with Gasteiger partial charge in [-0.05, 0) is 54.9 Å². The standard InChI is InChI=1S/C20H19NO4/c22-18-6-2-5-17-15(18)10-16(19(23)21-17)20(24)25-11-12-7-8-13-3-1-4-14(13)9-12/h7-10H,1-6,11H2,(H,21,23). The number of benzene rings is 1. The molecule has 0 saturated heterocycles. The highest BCUT2D eigenvalue weighted by atomic mass is 16.5. The van der Waals surface area contributed by atoms with E-state index in [-0.39, 0.29) is 18.0 Å². The molecule has 5 heteroatoms. The molecule has 1 heterocycles. The molecule has 1 aromatic heterocycles. The van der Waals surface area contributed by atoms with Crippen molar-refractivity contribution in [1.29, 1.82) is 0 Å². The third-order valence-electron chi connectivity index (χ3n) is 5.01. The summed E-state index contributed by atoms with van der Waals surface area (Å²) in [5, 5.41) is 0. The molecule has 1 N–H and O–H groups in total. The largest absolute Gasteiger partial charge is 0.457 e. The van der Waals surface area contributed by atoms with Crippen LogP contribution < -0.4 is 5.56 Å². The lowest BCUT2D eigenvalue weighted by molar-refractivity contribution is 0.0470. The summed E-state index contributed by atoms with van der Waals surface area (Å²) < 4.78 is 5.31. The Morgan fingerprint density at radius 1 is 1.00 bits per heavy atom. The number of rotatable bonds is 3. The van der Waals surface area contributed by atoms with Crippen LogP contribution in [0, 0.1) is 0 Å². The lowest BCUT2D eigenvalue weighted by atomic mass is 9.94. The molecule has 0 amide bonds. The molecule has 0 saturated carbocycles. The van der Waals surface area contributed by atoms with E-state index in [1.807, 2.05) is 6.07 Å². The third kappa shape index (κ3) is 3.02. The van der Waals surface area contributed by atoms with Gasteiger partial charge in [-0.15, -0.1) is 0 Å². The van der Waals surface area contributed by atoms with Crippen molar-refractivity contribution in [3.8, 4) is 0 Å². The van der Waals surface area contributed by atoms with Crippen LogP contribution in [0.3, 0.4) is 0 Å². The van der Waals surface area contributed by atoms with Gasteiger partial charge in [0.05, 0.1) is 0 Å². The second kappa shape index (κ2) is 6.31. The topological polar surface area (TPSA) is 76.2 Å². The number of carbonyl (C=O) groups excluding carboxylic acids is 2. The van der Waals surface area contributed by atoms with Crippen LogP contribution in [0.15, 0.2) is 29.1 Å². The Morgan fingerprint density at radius 2 is 1.80 bits per heavy atom. The summed E-state index contributed by atoms with van der Waals surface area (Å²) in [6.07, 6.45) is 5.15. The van der Waals surface area contributed by atoms with Gasteiger partial charge < -0.3 is 9.72 Å². The lowest BCUT2D eigenvalue weighted by Crippen LogP contribution is -2.25. The van der Waals surface area contributed by atoms with Gasteiger partial charge in [0.2, 0.25) is 0 Å². The van der Waals surface area contributed by atoms with Crippen molar-refractivity contribution < 1.29 is 14.3 Å². The Kier molecular flexibility index (Phi) is 3.99. The first-order valence-corrected chi connectivity index (χ1v) is 8.69. The van der Waals surface area contributed by atoms with Crippen molar-refractivity contribution in [3.05, 3.63) is 68.1 Å². The Morgan fingerprint density at radius 3 is 2.68 bits per heavy atom. The van der Waals surface area contributed by atoms with Crippen molar-refractivity contribution >= 4 is 11.8 Å². The zero-order chi connectivity index (χ0) is 17.4. The van der Waals surface area contributed by atoms with Crippen LogP contribution in [-0.4, -0.2) is 16.7 Å². The number of hydrogen-bond donors (Lipinski definition) is 1. The van der Waals surface area contributed by atoms with Crippen molar-refractivity contribution in [2.75, 3.05) is 0 Å². The zero-order valence-corrected chi connectivity index (χ0v) is 13.9. The zero-order valence-electron chi connectivity index (χ0n) is 13.9. The number of nitrogens with one attached hydrogen (secondary N) is 1. The smallest absolute Gasteiger partial charge is 0.344 e. The Bertz CT molecular complexity index is 926. The van der Waals surface area contributed by atoms with Crippen LogP contribution in [-0.2, 0) is 30.6 Å². The number of hydrogen-bond acceptors (Lipinski definition) is 4. The fraction of sp³-hybridized carbons (Fsp3) is 0.350. The van der Waals surface area contributed by atoms with E-state index in [0.29, 0.717) is 24.1 Å². The summed E-state index contributed by atoms with van der Waals surface area (Å²) in [4.78, 5) is 39.1. The molecular formula is C20H19NO4. The van der Waals surface area contributed by atoms with Crippen LogP contribution in [0.25, 0.3) is 0 Å². The molecule has 0 fully saturated rings. The summed E-state index contributed by atoms with van der Waals surface area (Å²) in [5.41, 5.74) is 4.05. The van der Waals surface area contributed by atoms with Crippen LogP contribution in [0.4, 0.5) is 0 Å². The quantitative estimate of drug-likeness (QED) is 0.874. The van der Waals surface area contributed by atoms with Crippen molar-refractivity contribution in [3.63, 3.8) is 0 Å². The van der Waals surface area contributed by atoms with Gasteiger partial charge >= 0.3 is 5.97 Å². The Labute approximate surface area is 145 Å². The number of ketones is 1. The minimum atomic E-state index is -0.692. The summed E-state index contributed by atoms with van der Waals surface area (Å²) in [7, 11) is 0. The number of Topliss-reactive ketones (excluding diaryl/α,β-unsaturated/α-hetero) is 1. The molecule has 2 aliphatic rings. The Hall–Kier alpha value is -2.69. The summed E-state index contributed by atoms with van der Waals surface area (Å²) in [6, 6.07) is 7.49. The molecule has 25 heavy (non-hydrogen) atoms. The predicted molar refractivity (Wildman–Crippen MR) is 91.9 cm³/mol. The second-order valence-corrected chi connectivity index (χ2v) is 6.71. The molecule has 1 aromatic carbocycles. The van der Waals surface area contributed by atoms with Crippen molar-refractivity contribution in [2.24, 2.45) is 0 Å². The first-order chi connectivity index (χ1) is 12.1. The number of H-pyrrole nitrogens is 1. The van der Waals surface area contributed by atoms with E-state index in [2.05, 4.69) is 17.1 Å². The number of aryl methyl sites for hydroxylation is 3. The maximum absolute atomic E-state index is 12.3. The lowest BCUT2D eigenvalue weighted by Gasteiger charge is -2.14. The van der Waals surface area contributed by atoms with Crippen LogP contribution in [0.1, 0.15) is 62.4 Å². The molecule has 2 aliphatic carbocycles. The minimum Gasteiger partial charge on any atom is -0.457 e. The van der Waals surface area contributed by atoms with Gasteiger partial charge in [0.15, 0.2) is 5.78 Å². The van der Waals surface area contributed by atoms with Gasteiger partial charge in [-0.25, -0.2) is 4.79 Å². The molecule has 0 bridgehead atoms. The number of aromatic nitrogens is 1. The molecule has 0 aliphatic heterocycles. The van der Waals surface area contributed by atoms with E-state index in [0.717, 1.165) is 31.2 Å². The fourth-order valence-electron chi connectivity index (χ4n) is 3.67. The van der Waals surface area contributed by atoms with Gasteiger partial charge in [0.1, 0.15) is 12.2 Å². The highest BCUT2D eigenvalue weighted by Gasteiger charge is 2.22. The number of esters is 1. The maximum Gasteiger partial charge on any atom is 0.344 e. The summed E-state index contributed by atoms with van der Waals surface area (Å²) in [5.74, 6) is -0.729. The number of pyridine rings is 1. The van der Waals surface area contributed by atoms with E-state index in [1.165, 1.54) is 17.2 Å².